The first-order valence-corrected chi connectivity index (χ1v) is 8.17. The van der Waals surface area contributed by atoms with Gasteiger partial charge in [-0.05, 0) is 25.2 Å². The predicted octanol–water partition coefficient (Wildman–Crippen LogP) is -0.237. The van der Waals surface area contributed by atoms with Gasteiger partial charge in [0.25, 0.3) is 5.91 Å². The van der Waals surface area contributed by atoms with Crippen LogP contribution < -0.4 is 15.4 Å². The summed E-state index contributed by atoms with van der Waals surface area (Å²) in [5, 5.41) is 4.26. The Balaban J connectivity index is 2.63. The molecule has 10 heteroatoms. The van der Waals surface area contributed by atoms with Crippen LogP contribution in [-0.4, -0.2) is 46.5 Å². The van der Waals surface area contributed by atoms with Gasteiger partial charge in [0.15, 0.2) is 6.61 Å². The summed E-state index contributed by atoms with van der Waals surface area (Å²) in [7, 11) is -2.47. The molecule has 0 aliphatic rings. The van der Waals surface area contributed by atoms with Crippen LogP contribution in [0.4, 0.5) is 4.79 Å². The van der Waals surface area contributed by atoms with Crippen molar-refractivity contribution in [3.63, 3.8) is 0 Å². The van der Waals surface area contributed by atoms with Crippen LogP contribution in [0.5, 0.6) is 0 Å². The highest BCUT2D eigenvalue weighted by Crippen LogP contribution is 2.12. The maximum absolute atomic E-state index is 11.8. The van der Waals surface area contributed by atoms with Crippen molar-refractivity contribution in [3.05, 3.63) is 42.5 Å². The minimum atomic E-state index is -3.71. The Morgan fingerprint density at radius 2 is 2.00 bits per heavy atom. The van der Waals surface area contributed by atoms with Gasteiger partial charge in [-0.15, -0.1) is 6.58 Å². The van der Waals surface area contributed by atoms with E-state index in [4.69, 9.17) is 4.74 Å². The van der Waals surface area contributed by atoms with Gasteiger partial charge in [-0.1, -0.05) is 12.1 Å². The third-order valence-electron chi connectivity index (χ3n) is 2.64. The lowest BCUT2D eigenvalue weighted by Crippen LogP contribution is -2.41. The third-order valence-corrected chi connectivity index (χ3v) is 4.06. The Morgan fingerprint density at radius 3 is 2.62 bits per heavy atom. The Hall–Kier alpha value is -2.72. The van der Waals surface area contributed by atoms with E-state index in [-0.39, 0.29) is 17.0 Å². The number of nitrogens with one attached hydrogen (secondary N) is 3. The van der Waals surface area contributed by atoms with Gasteiger partial charge in [-0.3, -0.25) is 10.1 Å². The van der Waals surface area contributed by atoms with E-state index in [9.17, 15) is 22.8 Å². The van der Waals surface area contributed by atoms with E-state index in [0.29, 0.717) is 0 Å². The van der Waals surface area contributed by atoms with Crippen molar-refractivity contribution in [2.45, 2.75) is 4.90 Å². The summed E-state index contributed by atoms with van der Waals surface area (Å²) in [6.45, 7) is 2.87. The average molecular weight is 355 g/mol. The summed E-state index contributed by atoms with van der Waals surface area (Å²) in [4.78, 5) is 34.4. The summed E-state index contributed by atoms with van der Waals surface area (Å²) < 4.78 is 30.2. The fourth-order valence-corrected chi connectivity index (χ4v) is 2.27. The zero-order valence-electron chi connectivity index (χ0n) is 12.9. The van der Waals surface area contributed by atoms with E-state index < -0.39 is 34.5 Å². The second kappa shape index (κ2) is 8.79. The van der Waals surface area contributed by atoms with Crippen molar-refractivity contribution in [1.82, 2.24) is 15.4 Å². The van der Waals surface area contributed by atoms with Gasteiger partial charge in [0.2, 0.25) is 10.0 Å². The molecule has 0 unspecified atom stereocenters. The van der Waals surface area contributed by atoms with Gasteiger partial charge in [0.1, 0.15) is 0 Å². The van der Waals surface area contributed by atoms with Crippen molar-refractivity contribution in [2.75, 3.05) is 20.2 Å². The Labute approximate surface area is 139 Å². The van der Waals surface area contributed by atoms with Gasteiger partial charge >= 0.3 is 12.0 Å². The van der Waals surface area contributed by atoms with E-state index in [1.807, 2.05) is 5.32 Å². The summed E-state index contributed by atoms with van der Waals surface area (Å²) >= 11 is 0. The van der Waals surface area contributed by atoms with Crippen LogP contribution in [0.15, 0.2) is 41.8 Å². The molecule has 3 amide bonds. The lowest BCUT2D eigenvalue weighted by Gasteiger charge is -2.07. The normalized spacial score (nSPS) is 10.5. The number of sulfonamides is 1. The molecule has 0 aliphatic carbocycles. The number of amides is 3. The maximum atomic E-state index is 11.8. The Morgan fingerprint density at radius 1 is 1.29 bits per heavy atom. The molecule has 0 fully saturated rings. The Bertz CT molecular complexity index is 745. The molecule has 1 rings (SSSR count). The van der Waals surface area contributed by atoms with E-state index in [1.165, 1.54) is 31.3 Å². The number of rotatable bonds is 7. The molecule has 3 N–H and O–H groups in total. The van der Waals surface area contributed by atoms with Gasteiger partial charge in [0, 0.05) is 6.54 Å². The largest absolute Gasteiger partial charge is 0.452 e. The van der Waals surface area contributed by atoms with Crippen LogP contribution in [0.25, 0.3) is 0 Å². The predicted molar refractivity (Wildman–Crippen MR) is 84.7 cm³/mol. The second-order valence-corrected chi connectivity index (χ2v) is 6.24. The molecule has 0 aromatic heterocycles. The first kappa shape index (κ1) is 19.3. The molecule has 0 radical (unpaired) electrons. The minimum Gasteiger partial charge on any atom is -0.452 e. The monoisotopic (exact) mass is 355 g/mol. The highest BCUT2D eigenvalue weighted by Gasteiger charge is 2.16. The van der Waals surface area contributed by atoms with Gasteiger partial charge in [-0.25, -0.2) is 22.7 Å². The molecule has 0 bridgehead atoms. The molecule has 24 heavy (non-hydrogen) atoms. The summed E-state index contributed by atoms with van der Waals surface area (Å²) in [6.07, 6.45) is 1.43. The van der Waals surface area contributed by atoms with Gasteiger partial charge in [0.05, 0.1) is 10.5 Å². The van der Waals surface area contributed by atoms with Crippen molar-refractivity contribution >= 4 is 27.9 Å². The van der Waals surface area contributed by atoms with Crippen LogP contribution in [0.3, 0.4) is 0 Å². The van der Waals surface area contributed by atoms with Crippen molar-refractivity contribution < 1.29 is 27.5 Å². The van der Waals surface area contributed by atoms with Crippen molar-refractivity contribution in [1.29, 1.82) is 0 Å². The number of carbonyl (C=O) groups is 3. The zero-order chi connectivity index (χ0) is 18.2. The quantitative estimate of drug-likeness (QED) is 0.457. The number of hydrogen-bond acceptors (Lipinski definition) is 6. The molecular weight excluding hydrogens is 338 g/mol. The summed E-state index contributed by atoms with van der Waals surface area (Å²) in [5.41, 5.74) is -0.0461. The first-order chi connectivity index (χ1) is 11.3. The van der Waals surface area contributed by atoms with Crippen LogP contribution >= 0.6 is 0 Å². The topological polar surface area (TPSA) is 131 Å². The van der Waals surface area contributed by atoms with Gasteiger partial charge in [-0.2, -0.15) is 0 Å². The molecule has 0 saturated carbocycles. The SMILES string of the molecule is C=CCNC(=O)NC(=O)COC(=O)c1cccc(S(=O)(=O)NC)c1. The standard InChI is InChI=1S/C14H17N3O6S/c1-3-7-16-14(20)17-12(18)9-23-13(19)10-5-4-6-11(8-10)24(21,22)15-2/h3-6,8,15H,1,7,9H2,2H3,(H2,16,17,18,20). The maximum Gasteiger partial charge on any atom is 0.338 e. The molecule has 1 aromatic carbocycles. The molecule has 130 valence electrons. The van der Waals surface area contributed by atoms with Crippen LogP contribution in [0, 0.1) is 0 Å². The van der Waals surface area contributed by atoms with E-state index in [0.717, 1.165) is 6.07 Å². The highest BCUT2D eigenvalue weighted by molar-refractivity contribution is 7.89. The van der Waals surface area contributed by atoms with Crippen LogP contribution in [0.1, 0.15) is 10.4 Å². The minimum absolute atomic E-state index is 0.0461. The van der Waals surface area contributed by atoms with Crippen LogP contribution in [-0.2, 0) is 19.6 Å². The first-order valence-electron chi connectivity index (χ1n) is 6.69. The Kier molecular flexibility index (Phi) is 7.08. The zero-order valence-corrected chi connectivity index (χ0v) is 13.7. The number of esters is 1. The highest BCUT2D eigenvalue weighted by atomic mass is 32.2. The smallest absolute Gasteiger partial charge is 0.338 e. The van der Waals surface area contributed by atoms with Crippen molar-refractivity contribution in [2.24, 2.45) is 0 Å². The average Bonchev–Trinajstić information content (AvgIpc) is 2.57. The molecule has 0 aliphatic heterocycles. The molecule has 9 nitrogen and oxygen atoms in total. The number of benzene rings is 1. The third kappa shape index (κ3) is 5.82. The second-order valence-electron chi connectivity index (χ2n) is 4.36. The fourth-order valence-electron chi connectivity index (χ4n) is 1.49. The fraction of sp³-hybridized carbons (Fsp3) is 0.214. The lowest BCUT2D eigenvalue weighted by molar-refractivity contribution is -0.123. The number of imide groups is 1. The molecule has 0 spiro atoms. The number of ether oxygens (including phenoxy) is 1. The number of urea groups is 1. The molecule has 0 saturated heterocycles. The molecular formula is C14H17N3O6S. The number of carbonyl (C=O) groups excluding carboxylic acids is 3. The molecule has 0 atom stereocenters. The van der Waals surface area contributed by atoms with Crippen molar-refractivity contribution in [3.8, 4) is 0 Å². The van der Waals surface area contributed by atoms with Gasteiger partial charge < -0.3 is 10.1 Å². The molecule has 1 aromatic rings. The van der Waals surface area contributed by atoms with E-state index >= 15 is 0 Å². The van der Waals surface area contributed by atoms with E-state index in [1.54, 1.807) is 0 Å². The molecule has 0 heterocycles. The lowest BCUT2D eigenvalue weighted by atomic mass is 10.2. The number of hydrogen-bond donors (Lipinski definition) is 3. The summed E-state index contributed by atoms with van der Waals surface area (Å²) in [5.74, 6) is -1.73. The summed E-state index contributed by atoms with van der Waals surface area (Å²) in [6, 6.07) is 4.37. The van der Waals surface area contributed by atoms with Crippen LogP contribution in [0.2, 0.25) is 0 Å². The van der Waals surface area contributed by atoms with E-state index in [2.05, 4.69) is 16.6 Å².